The lowest BCUT2D eigenvalue weighted by Crippen LogP contribution is -2.06. The third-order valence-corrected chi connectivity index (χ3v) is 4.83. The van der Waals surface area contributed by atoms with Gasteiger partial charge in [0.15, 0.2) is 17.1 Å². The third-order valence-electron chi connectivity index (χ3n) is 4.83. The van der Waals surface area contributed by atoms with Crippen LogP contribution in [0.1, 0.15) is 12.0 Å². The summed E-state index contributed by atoms with van der Waals surface area (Å²) >= 11 is 0. The Morgan fingerprint density at radius 3 is 2.72 bits per heavy atom. The lowest BCUT2D eigenvalue weighted by atomic mass is 10.1. The minimum Gasteiger partial charge on any atom is -0.497 e. The molecule has 146 valence electrons. The van der Waals surface area contributed by atoms with Gasteiger partial charge in [0, 0.05) is 6.54 Å². The molecule has 0 saturated heterocycles. The van der Waals surface area contributed by atoms with E-state index in [0.29, 0.717) is 22.9 Å². The standard InChI is InChI=1S/C20H19N7O2/c1-28-14-8-6-13(7-9-14)4-2-10-26-18-15(12-22-26)19-23-17(16-5-3-11-29-16)25-27(19)20(21)24-18/h3,5-9,11-12H,2,4,10H2,1H3,(H2,21,24)/i1-1. The predicted molar refractivity (Wildman–Crippen MR) is 108 cm³/mol. The number of anilines is 1. The number of hydrogen-bond donors (Lipinski definition) is 1. The fraction of sp³-hybridized carbons (Fsp3) is 0.200. The van der Waals surface area contributed by atoms with Crippen molar-refractivity contribution in [3.8, 4) is 17.3 Å². The van der Waals surface area contributed by atoms with E-state index in [9.17, 15) is 0 Å². The first kappa shape index (κ1) is 17.2. The molecule has 0 spiro atoms. The number of nitrogen functional groups attached to an aromatic ring is 1. The highest BCUT2D eigenvalue weighted by Gasteiger charge is 2.17. The molecular formula is C20H19N7O2. The maximum Gasteiger partial charge on any atom is 0.225 e. The van der Waals surface area contributed by atoms with Gasteiger partial charge in [-0.3, -0.25) is 0 Å². The van der Waals surface area contributed by atoms with Crippen molar-refractivity contribution >= 4 is 22.6 Å². The Balaban J connectivity index is 1.41. The van der Waals surface area contributed by atoms with Crippen molar-refractivity contribution in [2.24, 2.45) is 0 Å². The van der Waals surface area contributed by atoms with Crippen LogP contribution < -0.4 is 10.5 Å². The Hall–Kier alpha value is -3.88. The van der Waals surface area contributed by atoms with Crippen LogP contribution in [0.25, 0.3) is 28.3 Å². The number of rotatable bonds is 6. The number of ether oxygens (including phenoxy) is 1. The summed E-state index contributed by atoms with van der Waals surface area (Å²) in [6.07, 6.45) is 5.18. The molecule has 9 heteroatoms. The predicted octanol–water partition coefficient (Wildman–Crippen LogP) is 2.96. The molecule has 4 heterocycles. The molecule has 5 aromatic rings. The van der Waals surface area contributed by atoms with Crippen LogP contribution in [-0.2, 0) is 13.0 Å². The number of furan rings is 1. The molecule has 0 atom stereocenters. The third kappa shape index (κ3) is 3.06. The van der Waals surface area contributed by atoms with Gasteiger partial charge in [0.1, 0.15) is 5.75 Å². The Morgan fingerprint density at radius 1 is 1.10 bits per heavy atom. The van der Waals surface area contributed by atoms with Gasteiger partial charge >= 0.3 is 0 Å². The van der Waals surface area contributed by atoms with E-state index >= 15 is 0 Å². The minimum absolute atomic E-state index is 0.259. The number of hydrogen-bond acceptors (Lipinski definition) is 7. The van der Waals surface area contributed by atoms with Gasteiger partial charge in [-0.15, -0.1) is 5.10 Å². The van der Waals surface area contributed by atoms with Gasteiger partial charge in [-0.25, -0.2) is 9.67 Å². The summed E-state index contributed by atoms with van der Waals surface area (Å²) in [6.45, 7) is 0.720. The number of nitrogens with two attached hydrogens (primary N) is 1. The maximum atomic E-state index is 6.13. The first-order chi connectivity index (χ1) is 14.2. The first-order valence-electron chi connectivity index (χ1n) is 9.27. The second kappa shape index (κ2) is 6.93. The monoisotopic (exact) mass is 388 g/mol. The Bertz CT molecular complexity index is 1270. The lowest BCUT2D eigenvalue weighted by molar-refractivity contribution is 0.414. The highest BCUT2D eigenvalue weighted by Crippen LogP contribution is 2.23. The van der Waals surface area contributed by atoms with Crippen LogP contribution in [0, 0.1) is 0 Å². The van der Waals surface area contributed by atoms with Crippen molar-refractivity contribution in [1.82, 2.24) is 29.4 Å². The summed E-state index contributed by atoms with van der Waals surface area (Å²) in [5, 5.41) is 9.70. The minimum atomic E-state index is 0.259. The number of benzene rings is 1. The molecule has 1 aromatic carbocycles. The topological polar surface area (TPSA) is 109 Å². The molecule has 0 amide bonds. The van der Waals surface area contributed by atoms with Crippen LogP contribution in [0.3, 0.4) is 0 Å². The summed E-state index contributed by atoms with van der Waals surface area (Å²) in [7, 11) is 1.67. The van der Waals surface area contributed by atoms with Gasteiger partial charge in [0.25, 0.3) is 0 Å². The number of fused-ring (bicyclic) bond motifs is 3. The van der Waals surface area contributed by atoms with E-state index < -0.39 is 0 Å². The molecule has 0 aliphatic carbocycles. The zero-order valence-corrected chi connectivity index (χ0v) is 15.8. The first-order valence-corrected chi connectivity index (χ1v) is 9.27. The summed E-state index contributed by atoms with van der Waals surface area (Å²) in [6, 6.07) is 11.7. The summed E-state index contributed by atoms with van der Waals surface area (Å²) in [5.74, 6) is 2.16. The molecule has 0 unspecified atom stereocenters. The van der Waals surface area contributed by atoms with Crippen LogP contribution in [-0.4, -0.2) is 36.5 Å². The molecule has 0 radical (unpaired) electrons. The van der Waals surface area contributed by atoms with E-state index in [0.717, 1.165) is 30.5 Å². The molecular weight excluding hydrogens is 369 g/mol. The molecule has 2 N–H and O–H groups in total. The zero-order valence-electron chi connectivity index (χ0n) is 15.8. The average Bonchev–Trinajstić information content (AvgIpc) is 3.48. The van der Waals surface area contributed by atoms with Crippen LogP contribution in [0.5, 0.6) is 5.75 Å². The average molecular weight is 388 g/mol. The van der Waals surface area contributed by atoms with Gasteiger partial charge in [0.05, 0.1) is 25.0 Å². The number of methoxy groups -OCH3 is 1. The van der Waals surface area contributed by atoms with Crippen molar-refractivity contribution < 1.29 is 9.15 Å². The van der Waals surface area contributed by atoms with E-state index in [1.807, 2.05) is 16.8 Å². The Kier molecular flexibility index (Phi) is 4.12. The van der Waals surface area contributed by atoms with Crippen molar-refractivity contribution in [3.63, 3.8) is 0 Å². The highest BCUT2D eigenvalue weighted by molar-refractivity contribution is 5.90. The van der Waals surface area contributed by atoms with Gasteiger partial charge in [-0.2, -0.15) is 14.6 Å². The van der Waals surface area contributed by atoms with Gasteiger partial charge in [0.2, 0.25) is 11.8 Å². The maximum absolute atomic E-state index is 6.13. The summed E-state index contributed by atoms with van der Waals surface area (Å²) in [4.78, 5) is 9.07. The quantitative estimate of drug-likeness (QED) is 0.476. The molecule has 29 heavy (non-hydrogen) atoms. The van der Waals surface area contributed by atoms with Crippen LogP contribution >= 0.6 is 0 Å². The van der Waals surface area contributed by atoms with E-state index in [1.165, 1.54) is 10.1 Å². The summed E-state index contributed by atoms with van der Waals surface area (Å²) < 4.78 is 14.0. The molecule has 0 fully saturated rings. The van der Waals surface area contributed by atoms with Gasteiger partial charge in [-0.1, -0.05) is 12.1 Å². The van der Waals surface area contributed by atoms with E-state index in [2.05, 4.69) is 32.3 Å². The van der Waals surface area contributed by atoms with Crippen molar-refractivity contribution in [2.75, 3.05) is 12.8 Å². The second-order valence-electron chi connectivity index (χ2n) is 6.67. The van der Waals surface area contributed by atoms with Crippen molar-refractivity contribution in [3.05, 3.63) is 54.4 Å². The van der Waals surface area contributed by atoms with Crippen LogP contribution in [0.15, 0.2) is 53.3 Å². The normalized spacial score (nSPS) is 11.5. The van der Waals surface area contributed by atoms with Crippen molar-refractivity contribution in [1.29, 1.82) is 0 Å². The molecule has 0 saturated carbocycles. The Morgan fingerprint density at radius 2 is 1.97 bits per heavy atom. The van der Waals surface area contributed by atoms with Gasteiger partial charge in [-0.05, 0) is 42.7 Å². The number of nitrogens with zero attached hydrogens (tertiary/aromatic N) is 6. The number of aryl methyl sites for hydroxylation is 2. The van der Waals surface area contributed by atoms with Crippen LogP contribution in [0.4, 0.5) is 5.95 Å². The second-order valence-corrected chi connectivity index (χ2v) is 6.67. The molecule has 0 bridgehead atoms. The van der Waals surface area contributed by atoms with Crippen LogP contribution in [0.2, 0.25) is 0 Å². The summed E-state index contributed by atoms with van der Waals surface area (Å²) in [5.41, 5.74) is 8.69. The fourth-order valence-electron chi connectivity index (χ4n) is 3.36. The number of aromatic nitrogens is 6. The highest BCUT2D eigenvalue weighted by atomic mass is 16.4. The molecule has 9 nitrogen and oxygen atoms in total. The molecule has 0 aliphatic heterocycles. The SMILES string of the molecule is [11CH3]Oc1ccc(CCCn2ncc3c2nc(N)n2nc(-c4ccco4)nc32)cc1. The largest absolute Gasteiger partial charge is 0.497 e. The fourth-order valence-corrected chi connectivity index (χ4v) is 3.36. The Labute approximate surface area is 165 Å². The zero-order chi connectivity index (χ0) is 19.8. The van der Waals surface area contributed by atoms with E-state index in [1.54, 1.807) is 31.7 Å². The van der Waals surface area contributed by atoms with Crippen molar-refractivity contribution in [2.45, 2.75) is 19.4 Å². The smallest absolute Gasteiger partial charge is 0.225 e. The van der Waals surface area contributed by atoms with E-state index in [4.69, 9.17) is 14.9 Å². The lowest BCUT2D eigenvalue weighted by Gasteiger charge is -2.05. The molecule has 0 aliphatic rings. The molecule has 5 rings (SSSR count). The van der Waals surface area contributed by atoms with Gasteiger partial charge < -0.3 is 14.9 Å². The van der Waals surface area contributed by atoms with E-state index in [-0.39, 0.29) is 5.95 Å². The molecule has 4 aromatic heterocycles.